The van der Waals surface area contributed by atoms with Crippen LogP contribution in [-0.4, -0.2) is 17.6 Å². The van der Waals surface area contributed by atoms with Crippen molar-refractivity contribution in [2.45, 2.75) is 5.92 Å². The highest BCUT2D eigenvalue weighted by Crippen LogP contribution is 2.41. The second-order valence-electron chi connectivity index (χ2n) is 3.08. The van der Waals surface area contributed by atoms with E-state index in [0.29, 0.717) is 6.54 Å². The number of rotatable bonds is 2. The van der Waals surface area contributed by atoms with Crippen LogP contribution in [0.5, 0.6) is 0 Å². The van der Waals surface area contributed by atoms with Crippen LogP contribution in [0.3, 0.4) is 0 Å². The van der Waals surface area contributed by atoms with Crippen LogP contribution in [0.1, 0.15) is 11.5 Å². The largest absolute Gasteiger partial charge is 0.481 e. The van der Waals surface area contributed by atoms with Gasteiger partial charge in [0.2, 0.25) is 0 Å². The molecular weight excluding hydrogens is 313 g/mol. The number of benzene rings is 1. The number of carboxylic acid groups (broad SMARTS) is 1. The van der Waals surface area contributed by atoms with Crippen molar-refractivity contribution in [2.75, 3.05) is 10.8 Å². The minimum Gasteiger partial charge on any atom is -0.481 e. The number of para-hydroxylation sites is 1. The van der Waals surface area contributed by atoms with E-state index in [-0.39, 0.29) is 5.92 Å². The lowest BCUT2D eigenvalue weighted by Crippen LogP contribution is -2.17. The van der Waals surface area contributed by atoms with E-state index in [1.54, 1.807) is 0 Å². The summed E-state index contributed by atoms with van der Waals surface area (Å²) in [7, 11) is 1.54. The van der Waals surface area contributed by atoms with Gasteiger partial charge in [-0.2, -0.15) is 0 Å². The summed E-state index contributed by atoms with van der Waals surface area (Å²) < 4.78 is 2.01. The number of carbonyl (C=O) groups is 1. The molecule has 5 heteroatoms. The standard InChI is InChI=1S/C9H8INO2S/c10-14-11-5-7(9(12)13)6-3-1-2-4-8(6)11/h1-4,7H,5H2,(H,12,13). The first-order chi connectivity index (χ1) is 6.74. The number of anilines is 1. The molecule has 0 aromatic heterocycles. The first-order valence-corrected chi connectivity index (χ1v) is 7.43. The second kappa shape index (κ2) is 3.98. The predicted octanol–water partition coefficient (Wildman–Crippen LogP) is 2.67. The van der Waals surface area contributed by atoms with Crippen LogP contribution in [-0.2, 0) is 4.79 Å². The summed E-state index contributed by atoms with van der Waals surface area (Å²) in [5.41, 5.74) is 1.95. The molecule has 0 saturated heterocycles. The summed E-state index contributed by atoms with van der Waals surface area (Å²) in [6, 6.07) is 7.67. The highest BCUT2D eigenvalue weighted by molar-refractivity contribution is 14.2. The molecule has 74 valence electrons. The van der Waals surface area contributed by atoms with Crippen molar-refractivity contribution in [1.82, 2.24) is 0 Å². The normalized spacial score (nSPS) is 19.5. The summed E-state index contributed by atoms with van der Waals surface area (Å²) in [4.78, 5) is 11.0. The maximum absolute atomic E-state index is 11.0. The van der Waals surface area contributed by atoms with Crippen molar-refractivity contribution in [3.05, 3.63) is 29.8 Å². The highest BCUT2D eigenvalue weighted by Gasteiger charge is 2.33. The zero-order valence-corrected chi connectivity index (χ0v) is 10.2. The van der Waals surface area contributed by atoms with Crippen molar-refractivity contribution in [1.29, 1.82) is 0 Å². The summed E-state index contributed by atoms with van der Waals surface area (Å²) >= 11 is 2.17. The molecule has 0 aliphatic carbocycles. The molecule has 1 heterocycles. The van der Waals surface area contributed by atoms with E-state index in [4.69, 9.17) is 5.11 Å². The van der Waals surface area contributed by atoms with E-state index >= 15 is 0 Å². The van der Waals surface area contributed by atoms with E-state index < -0.39 is 5.97 Å². The Bertz CT molecular complexity index is 372. The Morgan fingerprint density at radius 2 is 2.29 bits per heavy atom. The predicted molar refractivity (Wildman–Crippen MR) is 65.8 cm³/mol. The number of aliphatic carboxylic acids is 1. The molecule has 0 fully saturated rings. The molecule has 0 spiro atoms. The van der Waals surface area contributed by atoms with E-state index in [1.807, 2.05) is 28.6 Å². The molecule has 0 bridgehead atoms. The zero-order chi connectivity index (χ0) is 10.1. The molecule has 1 aromatic carbocycles. The first-order valence-electron chi connectivity index (χ1n) is 4.12. The van der Waals surface area contributed by atoms with Crippen molar-refractivity contribution in [3.63, 3.8) is 0 Å². The third-order valence-electron chi connectivity index (χ3n) is 2.31. The first kappa shape index (κ1) is 10.1. The third kappa shape index (κ3) is 1.58. The molecule has 1 aromatic rings. The zero-order valence-electron chi connectivity index (χ0n) is 7.18. The van der Waals surface area contributed by atoms with Gasteiger partial charge in [-0.15, -0.1) is 0 Å². The molecule has 3 nitrogen and oxygen atoms in total. The van der Waals surface area contributed by atoms with Crippen molar-refractivity contribution >= 4 is 42.0 Å². The maximum atomic E-state index is 11.0. The molecule has 0 amide bonds. The van der Waals surface area contributed by atoms with E-state index in [1.165, 1.54) is 9.12 Å². The number of hydrogen-bond acceptors (Lipinski definition) is 3. The lowest BCUT2D eigenvalue weighted by atomic mass is 10.0. The monoisotopic (exact) mass is 321 g/mol. The Morgan fingerprint density at radius 1 is 1.57 bits per heavy atom. The fourth-order valence-corrected chi connectivity index (χ4v) is 3.21. The fourth-order valence-electron chi connectivity index (χ4n) is 1.65. The van der Waals surface area contributed by atoms with E-state index in [2.05, 4.69) is 21.2 Å². The smallest absolute Gasteiger partial charge is 0.312 e. The molecular formula is C9H8INO2S. The summed E-state index contributed by atoms with van der Waals surface area (Å²) in [5.74, 6) is -1.13. The molecule has 1 atom stereocenters. The van der Waals surface area contributed by atoms with Gasteiger partial charge in [0, 0.05) is 36.9 Å². The van der Waals surface area contributed by atoms with Gasteiger partial charge in [-0.25, -0.2) is 0 Å². The summed E-state index contributed by atoms with van der Waals surface area (Å²) in [5, 5.41) is 9.03. The van der Waals surface area contributed by atoms with Crippen LogP contribution >= 0.6 is 30.3 Å². The van der Waals surface area contributed by atoms with Gasteiger partial charge in [0.05, 0.1) is 5.69 Å². The summed E-state index contributed by atoms with van der Waals surface area (Å²) in [6.07, 6.45) is 0. The number of fused-ring (bicyclic) bond motifs is 1. The van der Waals surface area contributed by atoms with Gasteiger partial charge in [0.1, 0.15) is 5.92 Å². The molecule has 14 heavy (non-hydrogen) atoms. The average Bonchev–Trinajstić information content (AvgIpc) is 2.56. The Balaban J connectivity index is 2.43. The molecule has 2 rings (SSSR count). The van der Waals surface area contributed by atoms with Gasteiger partial charge in [0.25, 0.3) is 0 Å². The number of nitrogens with zero attached hydrogens (tertiary/aromatic N) is 1. The Labute approximate surface area is 98.2 Å². The second-order valence-corrected chi connectivity index (χ2v) is 4.84. The van der Waals surface area contributed by atoms with Crippen LogP contribution in [0.4, 0.5) is 5.69 Å². The number of hydrogen-bond donors (Lipinski definition) is 1. The fraction of sp³-hybridized carbons (Fsp3) is 0.222. The van der Waals surface area contributed by atoms with Gasteiger partial charge in [-0.05, 0) is 11.6 Å². The summed E-state index contributed by atoms with van der Waals surface area (Å²) in [6.45, 7) is 0.558. The van der Waals surface area contributed by atoms with E-state index in [0.717, 1.165) is 11.3 Å². The van der Waals surface area contributed by atoms with Gasteiger partial charge in [0.15, 0.2) is 0 Å². The van der Waals surface area contributed by atoms with Crippen molar-refractivity contribution < 1.29 is 9.90 Å². The van der Waals surface area contributed by atoms with Crippen LogP contribution in [0.2, 0.25) is 0 Å². The average molecular weight is 321 g/mol. The minimum atomic E-state index is -0.745. The lowest BCUT2D eigenvalue weighted by Gasteiger charge is -2.12. The van der Waals surface area contributed by atoms with Crippen molar-refractivity contribution in [2.24, 2.45) is 0 Å². The maximum Gasteiger partial charge on any atom is 0.312 e. The van der Waals surface area contributed by atoms with E-state index in [9.17, 15) is 4.79 Å². The SMILES string of the molecule is O=C(O)C1CN(SI)c2ccccc21. The van der Waals surface area contributed by atoms with Gasteiger partial charge >= 0.3 is 5.97 Å². The number of halogens is 1. The van der Waals surface area contributed by atoms with Crippen molar-refractivity contribution in [3.8, 4) is 0 Å². The quantitative estimate of drug-likeness (QED) is 0.672. The van der Waals surface area contributed by atoms with Crippen LogP contribution in [0.25, 0.3) is 0 Å². The third-order valence-corrected chi connectivity index (χ3v) is 4.25. The van der Waals surface area contributed by atoms with Crippen LogP contribution in [0.15, 0.2) is 24.3 Å². The molecule has 1 aliphatic rings. The minimum absolute atomic E-state index is 0.381. The lowest BCUT2D eigenvalue weighted by molar-refractivity contribution is -0.138. The molecule has 0 radical (unpaired) electrons. The Morgan fingerprint density at radius 3 is 2.93 bits per heavy atom. The molecule has 1 aliphatic heterocycles. The Kier molecular flexibility index (Phi) is 2.87. The highest BCUT2D eigenvalue weighted by atomic mass is 127. The van der Waals surface area contributed by atoms with Gasteiger partial charge in [-0.1, -0.05) is 18.2 Å². The molecule has 0 saturated carbocycles. The van der Waals surface area contributed by atoms with Gasteiger partial charge in [-0.3, -0.25) is 4.79 Å². The van der Waals surface area contributed by atoms with Crippen LogP contribution in [0, 0.1) is 0 Å². The van der Waals surface area contributed by atoms with Crippen LogP contribution < -0.4 is 4.31 Å². The molecule has 1 unspecified atom stereocenters. The topological polar surface area (TPSA) is 40.5 Å². The molecule has 1 N–H and O–H groups in total. The number of carboxylic acids is 1. The van der Waals surface area contributed by atoms with Gasteiger partial charge < -0.3 is 9.41 Å². The Hall–Kier alpha value is -0.430.